The van der Waals surface area contributed by atoms with E-state index >= 15 is 0 Å². The Morgan fingerprint density at radius 1 is 1.15 bits per heavy atom. The number of methoxy groups -OCH3 is 1. The number of ether oxygens (including phenoxy) is 1. The third-order valence-electron chi connectivity index (χ3n) is 3.63. The summed E-state index contributed by atoms with van der Waals surface area (Å²) in [5, 5.41) is 4.31. The van der Waals surface area contributed by atoms with Gasteiger partial charge in [0, 0.05) is 23.2 Å². The van der Waals surface area contributed by atoms with Crippen LogP contribution >= 0.6 is 11.6 Å². The van der Waals surface area contributed by atoms with E-state index in [1.807, 2.05) is 30.3 Å². The van der Waals surface area contributed by atoms with Gasteiger partial charge < -0.3 is 10.1 Å². The summed E-state index contributed by atoms with van der Waals surface area (Å²) in [6.45, 7) is 0.870. The fraction of sp³-hybridized carbons (Fsp3) is 0.294. The quantitative estimate of drug-likeness (QED) is 0.887. The summed E-state index contributed by atoms with van der Waals surface area (Å²) in [5.74, 6) is 0.877. The summed E-state index contributed by atoms with van der Waals surface area (Å²) >= 11 is 6.18. The van der Waals surface area contributed by atoms with Gasteiger partial charge in [-0.1, -0.05) is 35.9 Å². The van der Waals surface area contributed by atoms with E-state index in [9.17, 15) is 0 Å². The average Bonchev–Trinajstić information content (AvgIpc) is 3.30. The summed E-state index contributed by atoms with van der Waals surface area (Å²) in [6, 6.07) is 14.8. The fourth-order valence-corrected chi connectivity index (χ4v) is 2.53. The number of rotatable bonds is 5. The van der Waals surface area contributed by atoms with Crippen LogP contribution in [0.15, 0.2) is 42.5 Å². The first kappa shape index (κ1) is 13.5. The van der Waals surface area contributed by atoms with E-state index in [2.05, 4.69) is 17.4 Å². The Hall–Kier alpha value is -1.51. The highest BCUT2D eigenvalue weighted by Crippen LogP contribution is 2.34. The minimum Gasteiger partial charge on any atom is -0.496 e. The topological polar surface area (TPSA) is 21.3 Å². The highest BCUT2D eigenvalue weighted by Gasteiger charge is 2.21. The Labute approximate surface area is 124 Å². The molecule has 0 unspecified atom stereocenters. The Balaban J connectivity index is 1.98. The molecule has 0 amide bonds. The van der Waals surface area contributed by atoms with Gasteiger partial charge in [0.05, 0.1) is 7.11 Å². The molecule has 1 aliphatic carbocycles. The van der Waals surface area contributed by atoms with Crippen LogP contribution in [0.1, 0.15) is 18.4 Å². The molecular formula is C17H18ClNO. The molecule has 20 heavy (non-hydrogen) atoms. The number of para-hydroxylation sites is 1. The van der Waals surface area contributed by atoms with Crippen molar-refractivity contribution in [2.45, 2.75) is 25.4 Å². The average molecular weight is 288 g/mol. The first-order chi connectivity index (χ1) is 9.78. The second kappa shape index (κ2) is 5.86. The zero-order valence-electron chi connectivity index (χ0n) is 11.5. The van der Waals surface area contributed by atoms with Gasteiger partial charge in [0.15, 0.2) is 0 Å². The van der Waals surface area contributed by atoms with Gasteiger partial charge in [-0.05, 0) is 42.2 Å². The standard InChI is InChI=1S/C17H18ClNO/c1-20-17-5-3-2-4-15(17)16-10-13(18)7-6-12(16)11-19-14-8-9-14/h2-7,10,14,19H,8-9,11H2,1H3. The molecule has 3 heteroatoms. The molecule has 0 aromatic heterocycles. The van der Waals surface area contributed by atoms with Gasteiger partial charge in [0.1, 0.15) is 5.75 Å². The normalized spacial score (nSPS) is 14.3. The van der Waals surface area contributed by atoms with E-state index < -0.39 is 0 Å². The number of benzene rings is 2. The monoisotopic (exact) mass is 287 g/mol. The number of hydrogen-bond acceptors (Lipinski definition) is 2. The van der Waals surface area contributed by atoms with Crippen LogP contribution in [0, 0.1) is 0 Å². The molecule has 0 aliphatic heterocycles. The van der Waals surface area contributed by atoms with Crippen LogP contribution in [-0.4, -0.2) is 13.2 Å². The zero-order valence-corrected chi connectivity index (χ0v) is 12.3. The highest BCUT2D eigenvalue weighted by atomic mass is 35.5. The van der Waals surface area contributed by atoms with Crippen LogP contribution in [0.2, 0.25) is 5.02 Å². The number of halogens is 1. The van der Waals surface area contributed by atoms with Crippen LogP contribution in [0.25, 0.3) is 11.1 Å². The minimum absolute atomic E-state index is 0.691. The molecule has 0 atom stereocenters. The third-order valence-corrected chi connectivity index (χ3v) is 3.86. The predicted molar refractivity (Wildman–Crippen MR) is 83.3 cm³/mol. The van der Waals surface area contributed by atoms with Crippen molar-refractivity contribution in [3.8, 4) is 16.9 Å². The number of nitrogens with one attached hydrogen (secondary N) is 1. The molecule has 104 valence electrons. The maximum absolute atomic E-state index is 6.18. The van der Waals surface area contributed by atoms with Crippen molar-refractivity contribution >= 4 is 11.6 Å². The lowest BCUT2D eigenvalue weighted by Crippen LogP contribution is -2.15. The summed E-state index contributed by atoms with van der Waals surface area (Å²) in [5.41, 5.74) is 3.49. The predicted octanol–water partition coefficient (Wildman–Crippen LogP) is 4.27. The molecule has 0 bridgehead atoms. The molecule has 1 aliphatic rings. The molecule has 0 spiro atoms. The number of hydrogen-bond donors (Lipinski definition) is 1. The Kier molecular flexibility index (Phi) is 3.95. The van der Waals surface area contributed by atoms with E-state index in [1.165, 1.54) is 18.4 Å². The summed E-state index contributed by atoms with van der Waals surface area (Å²) in [6.07, 6.45) is 2.58. The highest BCUT2D eigenvalue weighted by molar-refractivity contribution is 6.30. The van der Waals surface area contributed by atoms with Gasteiger partial charge in [-0.15, -0.1) is 0 Å². The van der Waals surface area contributed by atoms with E-state index in [4.69, 9.17) is 16.3 Å². The molecule has 2 aromatic rings. The van der Waals surface area contributed by atoms with Gasteiger partial charge in [-0.3, -0.25) is 0 Å². The van der Waals surface area contributed by atoms with Gasteiger partial charge in [0.25, 0.3) is 0 Å². The van der Waals surface area contributed by atoms with Crippen molar-refractivity contribution in [2.24, 2.45) is 0 Å². The minimum atomic E-state index is 0.691. The Morgan fingerprint density at radius 3 is 2.70 bits per heavy atom. The maximum atomic E-state index is 6.18. The van der Waals surface area contributed by atoms with Crippen molar-refractivity contribution in [3.63, 3.8) is 0 Å². The smallest absolute Gasteiger partial charge is 0.126 e. The Bertz CT molecular complexity index is 608. The van der Waals surface area contributed by atoms with Gasteiger partial charge in [0.2, 0.25) is 0 Å². The molecule has 1 N–H and O–H groups in total. The molecule has 0 heterocycles. The molecule has 1 fully saturated rings. The largest absolute Gasteiger partial charge is 0.496 e. The van der Waals surface area contributed by atoms with Crippen LogP contribution in [-0.2, 0) is 6.54 Å². The fourth-order valence-electron chi connectivity index (χ4n) is 2.36. The van der Waals surface area contributed by atoms with Crippen molar-refractivity contribution in [1.82, 2.24) is 5.32 Å². The Morgan fingerprint density at radius 2 is 1.95 bits per heavy atom. The van der Waals surface area contributed by atoms with Gasteiger partial charge in [-0.25, -0.2) is 0 Å². The van der Waals surface area contributed by atoms with E-state index in [0.717, 1.165) is 28.4 Å². The van der Waals surface area contributed by atoms with Crippen molar-refractivity contribution in [1.29, 1.82) is 0 Å². The molecule has 0 radical (unpaired) electrons. The SMILES string of the molecule is COc1ccccc1-c1cc(Cl)ccc1CNC1CC1. The maximum Gasteiger partial charge on any atom is 0.126 e. The van der Waals surface area contributed by atoms with Gasteiger partial charge >= 0.3 is 0 Å². The molecule has 0 saturated heterocycles. The van der Waals surface area contributed by atoms with Crippen molar-refractivity contribution in [3.05, 3.63) is 53.1 Å². The molecule has 1 saturated carbocycles. The third kappa shape index (κ3) is 2.97. The zero-order chi connectivity index (χ0) is 13.9. The summed E-state index contributed by atoms with van der Waals surface area (Å²) < 4.78 is 5.47. The van der Waals surface area contributed by atoms with Crippen LogP contribution in [0.5, 0.6) is 5.75 Å². The van der Waals surface area contributed by atoms with E-state index in [1.54, 1.807) is 7.11 Å². The second-order valence-electron chi connectivity index (χ2n) is 5.16. The first-order valence-corrected chi connectivity index (χ1v) is 7.31. The van der Waals surface area contributed by atoms with Crippen LogP contribution in [0.4, 0.5) is 0 Å². The molecule has 2 nitrogen and oxygen atoms in total. The van der Waals surface area contributed by atoms with Crippen molar-refractivity contribution in [2.75, 3.05) is 7.11 Å². The lowest BCUT2D eigenvalue weighted by molar-refractivity contribution is 0.416. The summed E-state index contributed by atoms with van der Waals surface area (Å²) in [7, 11) is 1.70. The lowest BCUT2D eigenvalue weighted by atomic mass is 9.98. The van der Waals surface area contributed by atoms with Gasteiger partial charge in [-0.2, -0.15) is 0 Å². The molecule has 2 aromatic carbocycles. The van der Waals surface area contributed by atoms with Crippen molar-refractivity contribution < 1.29 is 4.74 Å². The van der Waals surface area contributed by atoms with Crippen LogP contribution in [0.3, 0.4) is 0 Å². The second-order valence-corrected chi connectivity index (χ2v) is 5.59. The van der Waals surface area contributed by atoms with E-state index in [-0.39, 0.29) is 0 Å². The molecular weight excluding hydrogens is 270 g/mol. The van der Waals surface area contributed by atoms with E-state index in [0.29, 0.717) is 6.04 Å². The summed E-state index contributed by atoms with van der Waals surface area (Å²) in [4.78, 5) is 0. The molecule has 3 rings (SSSR count). The first-order valence-electron chi connectivity index (χ1n) is 6.93. The van der Waals surface area contributed by atoms with Crippen LogP contribution < -0.4 is 10.1 Å². The lowest BCUT2D eigenvalue weighted by Gasteiger charge is -2.14.